The molecular weight excluding hydrogens is 221 g/mol. The quantitative estimate of drug-likeness (QED) is 0.578. The summed E-state index contributed by atoms with van der Waals surface area (Å²) in [5.74, 6) is 1.12. The molecule has 4 heteroatoms. The zero-order valence-corrected chi connectivity index (χ0v) is 12.6. The first kappa shape index (κ1) is 16.3. The molecule has 0 aromatic carbocycles. The molecule has 0 heterocycles. The van der Waals surface area contributed by atoms with Gasteiger partial charge in [0, 0.05) is 13.1 Å². The minimum absolute atomic E-state index is 0.559. The molecule has 0 aliphatic heterocycles. The SMILES string of the molecule is CCN(CC)P(OCC(C)C)OCC(C)C. The molecule has 0 aromatic heterocycles. The molecule has 0 unspecified atom stereocenters. The zero-order chi connectivity index (χ0) is 12.6. The Balaban J connectivity index is 4.13. The Morgan fingerprint density at radius 3 is 1.50 bits per heavy atom. The van der Waals surface area contributed by atoms with Crippen LogP contribution < -0.4 is 0 Å². The standard InChI is InChI=1S/C12H28NO2P/c1-7-13(8-2)16(14-9-11(3)4)15-10-12(5)6/h11-12H,7-10H2,1-6H3. The molecule has 0 saturated carbocycles. The number of hydrogen-bond acceptors (Lipinski definition) is 3. The van der Waals surface area contributed by atoms with Gasteiger partial charge in [-0.15, -0.1) is 0 Å². The van der Waals surface area contributed by atoms with E-state index < -0.39 is 8.53 Å². The zero-order valence-electron chi connectivity index (χ0n) is 11.7. The van der Waals surface area contributed by atoms with Gasteiger partial charge >= 0.3 is 0 Å². The summed E-state index contributed by atoms with van der Waals surface area (Å²) in [5.41, 5.74) is 0. The van der Waals surface area contributed by atoms with Crippen molar-refractivity contribution in [3.05, 3.63) is 0 Å². The molecule has 0 fully saturated rings. The highest BCUT2D eigenvalue weighted by Crippen LogP contribution is 2.43. The summed E-state index contributed by atoms with van der Waals surface area (Å²) in [6.45, 7) is 16.5. The smallest absolute Gasteiger partial charge is 0.258 e. The van der Waals surface area contributed by atoms with E-state index in [1.54, 1.807) is 0 Å². The molecule has 0 N–H and O–H groups in total. The third-order valence-corrected chi connectivity index (χ3v) is 3.77. The summed E-state index contributed by atoms with van der Waals surface area (Å²) in [4.78, 5) is 0. The van der Waals surface area contributed by atoms with E-state index in [1.807, 2.05) is 0 Å². The van der Waals surface area contributed by atoms with Gasteiger partial charge in [-0.3, -0.25) is 0 Å². The van der Waals surface area contributed by atoms with Crippen molar-refractivity contribution in [2.45, 2.75) is 41.5 Å². The maximum atomic E-state index is 5.87. The Labute approximate surface area is 102 Å². The van der Waals surface area contributed by atoms with Crippen molar-refractivity contribution in [2.24, 2.45) is 11.8 Å². The highest BCUT2D eigenvalue weighted by Gasteiger charge is 2.19. The van der Waals surface area contributed by atoms with Crippen molar-refractivity contribution in [2.75, 3.05) is 26.3 Å². The minimum Gasteiger partial charge on any atom is -0.322 e. The van der Waals surface area contributed by atoms with Gasteiger partial charge in [0.2, 0.25) is 0 Å². The summed E-state index contributed by atoms with van der Waals surface area (Å²) in [7, 11) is -0.856. The maximum Gasteiger partial charge on any atom is 0.258 e. The average molecular weight is 249 g/mol. The third kappa shape index (κ3) is 7.56. The second-order valence-electron chi connectivity index (χ2n) is 4.76. The average Bonchev–Trinajstić information content (AvgIpc) is 2.22. The van der Waals surface area contributed by atoms with Gasteiger partial charge in [0.25, 0.3) is 8.53 Å². The van der Waals surface area contributed by atoms with Crippen molar-refractivity contribution in [1.82, 2.24) is 4.67 Å². The van der Waals surface area contributed by atoms with Crippen molar-refractivity contribution in [1.29, 1.82) is 0 Å². The molecule has 0 radical (unpaired) electrons. The fraction of sp³-hybridized carbons (Fsp3) is 1.00. The van der Waals surface area contributed by atoms with E-state index in [0.717, 1.165) is 26.3 Å². The van der Waals surface area contributed by atoms with E-state index in [-0.39, 0.29) is 0 Å². The van der Waals surface area contributed by atoms with Crippen molar-refractivity contribution < 1.29 is 9.05 Å². The molecule has 0 aliphatic rings. The fourth-order valence-electron chi connectivity index (χ4n) is 1.08. The van der Waals surface area contributed by atoms with E-state index in [4.69, 9.17) is 9.05 Å². The first-order chi connectivity index (χ1) is 7.51. The van der Waals surface area contributed by atoms with Crippen LogP contribution in [0.3, 0.4) is 0 Å². The van der Waals surface area contributed by atoms with E-state index in [2.05, 4.69) is 46.2 Å². The van der Waals surface area contributed by atoms with Gasteiger partial charge in [0.05, 0.1) is 13.2 Å². The molecule has 0 saturated heterocycles. The van der Waals surface area contributed by atoms with Gasteiger partial charge in [-0.25, -0.2) is 4.67 Å². The maximum absolute atomic E-state index is 5.87. The van der Waals surface area contributed by atoms with E-state index in [0.29, 0.717) is 11.8 Å². The third-order valence-electron chi connectivity index (χ3n) is 2.00. The molecule has 0 amide bonds. The predicted molar refractivity (Wildman–Crippen MR) is 71.4 cm³/mol. The Morgan fingerprint density at radius 2 is 1.25 bits per heavy atom. The highest BCUT2D eigenvalue weighted by molar-refractivity contribution is 7.44. The summed E-state index contributed by atoms with van der Waals surface area (Å²) in [5, 5.41) is 0. The monoisotopic (exact) mass is 249 g/mol. The first-order valence-corrected chi connectivity index (χ1v) is 7.45. The second-order valence-corrected chi connectivity index (χ2v) is 6.31. The molecule has 0 aliphatic carbocycles. The molecule has 98 valence electrons. The lowest BCUT2D eigenvalue weighted by Gasteiger charge is -2.28. The molecule has 0 spiro atoms. The summed E-state index contributed by atoms with van der Waals surface area (Å²) in [6, 6.07) is 0. The number of hydrogen-bond donors (Lipinski definition) is 0. The molecule has 0 atom stereocenters. The van der Waals surface area contributed by atoms with Crippen LogP contribution in [0.25, 0.3) is 0 Å². The highest BCUT2D eigenvalue weighted by atomic mass is 31.2. The topological polar surface area (TPSA) is 21.7 Å². The van der Waals surface area contributed by atoms with E-state index >= 15 is 0 Å². The van der Waals surface area contributed by atoms with Crippen LogP contribution in [0.1, 0.15) is 41.5 Å². The summed E-state index contributed by atoms with van der Waals surface area (Å²) < 4.78 is 14.0. The van der Waals surface area contributed by atoms with Gasteiger partial charge in [-0.05, 0) is 11.8 Å². The Hall–Kier alpha value is 0.310. The molecule has 0 aromatic rings. The summed E-state index contributed by atoms with van der Waals surface area (Å²) >= 11 is 0. The predicted octanol–water partition coefficient (Wildman–Crippen LogP) is 3.90. The van der Waals surface area contributed by atoms with Crippen LogP contribution in [0.2, 0.25) is 0 Å². The van der Waals surface area contributed by atoms with Crippen LogP contribution in [0, 0.1) is 11.8 Å². The van der Waals surface area contributed by atoms with Crippen molar-refractivity contribution in [3.63, 3.8) is 0 Å². The number of nitrogens with zero attached hydrogens (tertiary/aromatic N) is 1. The summed E-state index contributed by atoms with van der Waals surface area (Å²) in [6.07, 6.45) is 0. The first-order valence-electron chi connectivity index (χ1n) is 6.32. The lowest BCUT2D eigenvalue weighted by atomic mass is 10.2. The van der Waals surface area contributed by atoms with Gasteiger partial charge in [-0.2, -0.15) is 0 Å². The lowest BCUT2D eigenvalue weighted by Crippen LogP contribution is -2.21. The van der Waals surface area contributed by atoms with Crippen LogP contribution in [0.5, 0.6) is 0 Å². The van der Waals surface area contributed by atoms with Crippen molar-refractivity contribution >= 4 is 8.53 Å². The van der Waals surface area contributed by atoms with Gasteiger partial charge in [0.15, 0.2) is 0 Å². The van der Waals surface area contributed by atoms with Gasteiger partial charge in [0.1, 0.15) is 0 Å². The normalized spacial score (nSPS) is 12.4. The van der Waals surface area contributed by atoms with Crippen LogP contribution in [-0.4, -0.2) is 31.0 Å². The molecule has 0 bridgehead atoms. The molecule has 3 nitrogen and oxygen atoms in total. The van der Waals surface area contributed by atoms with Gasteiger partial charge < -0.3 is 9.05 Å². The Kier molecular flexibility index (Phi) is 9.53. The lowest BCUT2D eigenvalue weighted by molar-refractivity contribution is 0.177. The van der Waals surface area contributed by atoms with Crippen LogP contribution in [0.15, 0.2) is 0 Å². The van der Waals surface area contributed by atoms with E-state index in [1.165, 1.54) is 0 Å². The number of rotatable bonds is 9. The molecule has 0 rings (SSSR count). The molecule has 16 heavy (non-hydrogen) atoms. The van der Waals surface area contributed by atoms with Gasteiger partial charge in [-0.1, -0.05) is 41.5 Å². The fourth-order valence-corrected chi connectivity index (χ4v) is 2.80. The van der Waals surface area contributed by atoms with Crippen molar-refractivity contribution in [3.8, 4) is 0 Å². The van der Waals surface area contributed by atoms with E-state index in [9.17, 15) is 0 Å². The molecular formula is C12H28NO2P. The Morgan fingerprint density at radius 1 is 0.875 bits per heavy atom. The van der Waals surface area contributed by atoms with Crippen LogP contribution in [0.4, 0.5) is 0 Å². The minimum atomic E-state index is -0.856. The van der Waals surface area contributed by atoms with Crippen LogP contribution >= 0.6 is 8.53 Å². The second kappa shape index (κ2) is 9.35. The largest absolute Gasteiger partial charge is 0.322 e. The Bertz CT molecular complexity index is 149. The van der Waals surface area contributed by atoms with Crippen LogP contribution in [-0.2, 0) is 9.05 Å².